The molecular weight excluding hydrogens is 204 g/mol. The van der Waals surface area contributed by atoms with E-state index in [1.165, 1.54) is 22.0 Å². The molecule has 2 nitrogen and oxygen atoms in total. The maximum atomic E-state index is 4.51. The van der Waals surface area contributed by atoms with Crippen LogP contribution in [0.2, 0.25) is 0 Å². The molecule has 0 unspecified atom stereocenters. The molecule has 0 atom stereocenters. The van der Waals surface area contributed by atoms with E-state index in [2.05, 4.69) is 44.9 Å². The smallest absolute Gasteiger partial charge is 0.107 e. The average molecular weight is 226 g/mol. The molecule has 1 aromatic heterocycles. The van der Waals surface area contributed by atoms with Gasteiger partial charge in [-0.3, -0.25) is 0 Å². The highest BCUT2D eigenvalue weighted by atomic mass is 32.1. The molecule has 15 heavy (non-hydrogen) atoms. The fourth-order valence-corrected chi connectivity index (χ4v) is 2.15. The lowest BCUT2D eigenvalue weighted by atomic mass is 9.90. The zero-order chi connectivity index (χ0) is 11.5. The van der Waals surface area contributed by atoms with Crippen LogP contribution in [-0.4, -0.2) is 11.5 Å². The van der Waals surface area contributed by atoms with Crippen LogP contribution in [0.4, 0.5) is 0 Å². The number of thiazole rings is 1. The molecule has 1 rings (SSSR count). The molecule has 0 aliphatic carbocycles. The zero-order valence-corrected chi connectivity index (χ0v) is 11.3. The van der Waals surface area contributed by atoms with E-state index < -0.39 is 0 Å². The van der Waals surface area contributed by atoms with E-state index in [0.29, 0.717) is 5.41 Å². The van der Waals surface area contributed by atoms with Crippen LogP contribution in [-0.2, 0) is 6.54 Å². The molecule has 0 saturated heterocycles. The standard InChI is InChI=1S/C12H22N2S/c1-6-12(4,5)8-13-7-11-14-9(2)10(3)15-11/h13H,6-8H2,1-5H3. The SMILES string of the molecule is CCC(C)(C)CNCc1nc(C)c(C)s1. The van der Waals surface area contributed by atoms with Gasteiger partial charge < -0.3 is 5.32 Å². The van der Waals surface area contributed by atoms with Crippen LogP contribution in [0.3, 0.4) is 0 Å². The van der Waals surface area contributed by atoms with Crippen LogP contribution in [0.25, 0.3) is 0 Å². The molecule has 1 aromatic rings. The number of rotatable bonds is 5. The minimum Gasteiger partial charge on any atom is -0.310 e. The van der Waals surface area contributed by atoms with E-state index in [0.717, 1.165) is 13.1 Å². The first-order chi connectivity index (χ1) is 6.94. The summed E-state index contributed by atoms with van der Waals surface area (Å²) in [6, 6.07) is 0. The second kappa shape index (κ2) is 5.08. The number of nitrogens with zero attached hydrogens (tertiary/aromatic N) is 1. The quantitative estimate of drug-likeness (QED) is 0.833. The van der Waals surface area contributed by atoms with Gasteiger partial charge in [0.05, 0.1) is 5.69 Å². The third-order valence-corrected chi connectivity index (χ3v) is 3.98. The number of aryl methyl sites for hydroxylation is 2. The van der Waals surface area contributed by atoms with Crippen LogP contribution < -0.4 is 5.32 Å². The number of nitrogens with one attached hydrogen (secondary N) is 1. The lowest BCUT2D eigenvalue weighted by Crippen LogP contribution is -2.28. The first-order valence-electron chi connectivity index (χ1n) is 5.58. The summed E-state index contributed by atoms with van der Waals surface area (Å²) in [5, 5.41) is 4.69. The second-order valence-corrected chi connectivity index (χ2v) is 6.16. The third-order valence-electron chi connectivity index (χ3n) is 2.91. The lowest BCUT2D eigenvalue weighted by Gasteiger charge is -2.22. The summed E-state index contributed by atoms with van der Waals surface area (Å²) in [5.41, 5.74) is 1.56. The van der Waals surface area contributed by atoms with Gasteiger partial charge in [-0.15, -0.1) is 11.3 Å². The van der Waals surface area contributed by atoms with Crippen molar-refractivity contribution < 1.29 is 0 Å². The summed E-state index contributed by atoms with van der Waals surface area (Å²) in [5.74, 6) is 0. The minimum atomic E-state index is 0.390. The second-order valence-electron chi connectivity index (χ2n) is 4.87. The van der Waals surface area contributed by atoms with Crippen LogP contribution >= 0.6 is 11.3 Å². The van der Waals surface area contributed by atoms with Crippen molar-refractivity contribution in [2.24, 2.45) is 5.41 Å². The zero-order valence-electron chi connectivity index (χ0n) is 10.5. The van der Waals surface area contributed by atoms with Gasteiger partial charge in [0.25, 0.3) is 0 Å². The first-order valence-corrected chi connectivity index (χ1v) is 6.40. The summed E-state index contributed by atoms with van der Waals surface area (Å²) < 4.78 is 0. The van der Waals surface area contributed by atoms with Gasteiger partial charge in [-0.1, -0.05) is 20.8 Å². The van der Waals surface area contributed by atoms with Crippen LogP contribution in [0.5, 0.6) is 0 Å². The number of hydrogen-bond donors (Lipinski definition) is 1. The fourth-order valence-electron chi connectivity index (χ4n) is 1.25. The topological polar surface area (TPSA) is 24.9 Å². The molecule has 0 amide bonds. The minimum absolute atomic E-state index is 0.390. The Balaban J connectivity index is 2.38. The highest BCUT2D eigenvalue weighted by molar-refractivity contribution is 7.11. The van der Waals surface area contributed by atoms with Crippen molar-refractivity contribution >= 4 is 11.3 Å². The molecule has 0 aromatic carbocycles. The van der Waals surface area contributed by atoms with Gasteiger partial charge in [0.2, 0.25) is 0 Å². The molecule has 3 heteroatoms. The summed E-state index contributed by atoms with van der Waals surface area (Å²) in [6.07, 6.45) is 1.20. The van der Waals surface area contributed by atoms with Crippen LogP contribution in [0.15, 0.2) is 0 Å². The molecule has 1 N–H and O–H groups in total. The maximum absolute atomic E-state index is 4.51. The highest BCUT2D eigenvalue weighted by Crippen LogP contribution is 2.19. The number of aromatic nitrogens is 1. The van der Waals surface area contributed by atoms with Crippen molar-refractivity contribution in [1.29, 1.82) is 0 Å². The van der Waals surface area contributed by atoms with Crippen molar-refractivity contribution in [3.8, 4) is 0 Å². The normalized spacial score (nSPS) is 12.1. The van der Waals surface area contributed by atoms with Gasteiger partial charge in [-0.25, -0.2) is 4.98 Å². The van der Waals surface area contributed by atoms with Gasteiger partial charge >= 0.3 is 0 Å². The molecular formula is C12H22N2S. The summed E-state index contributed by atoms with van der Waals surface area (Å²) in [7, 11) is 0. The van der Waals surface area contributed by atoms with Gasteiger partial charge in [-0.05, 0) is 25.7 Å². The lowest BCUT2D eigenvalue weighted by molar-refractivity contribution is 0.327. The van der Waals surface area contributed by atoms with Crippen molar-refractivity contribution in [2.75, 3.05) is 6.54 Å². The Kier molecular flexibility index (Phi) is 4.29. The summed E-state index contributed by atoms with van der Waals surface area (Å²) in [4.78, 5) is 5.85. The monoisotopic (exact) mass is 226 g/mol. The van der Waals surface area contributed by atoms with Gasteiger partial charge in [0.15, 0.2) is 0 Å². The molecule has 1 heterocycles. The van der Waals surface area contributed by atoms with Crippen LogP contribution in [0, 0.1) is 19.3 Å². The molecule has 0 saturated carbocycles. The van der Waals surface area contributed by atoms with Crippen molar-refractivity contribution in [2.45, 2.75) is 47.6 Å². The Labute approximate surface area is 97.1 Å². The predicted molar refractivity (Wildman–Crippen MR) is 67.4 cm³/mol. The van der Waals surface area contributed by atoms with E-state index in [1.807, 2.05) is 0 Å². The van der Waals surface area contributed by atoms with E-state index in [9.17, 15) is 0 Å². The molecule has 86 valence electrons. The Morgan fingerprint density at radius 2 is 2.00 bits per heavy atom. The van der Waals surface area contributed by atoms with Crippen molar-refractivity contribution in [1.82, 2.24) is 10.3 Å². The Hall–Kier alpha value is -0.410. The largest absolute Gasteiger partial charge is 0.310 e. The molecule has 0 fully saturated rings. The Morgan fingerprint density at radius 1 is 1.33 bits per heavy atom. The summed E-state index contributed by atoms with van der Waals surface area (Å²) in [6.45, 7) is 13.0. The predicted octanol–water partition coefficient (Wildman–Crippen LogP) is 3.29. The molecule has 0 spiro atoms. The van der Waals surface area contributed by atoms with Crippen molar-refractivity contribution in [3.63, 3.8) is 0 Å². The van der Waals surface area contributed by atoms with E-state index in [4.69, 9.17) is 0 Å². The Morgan fingerprint density at radius 3 is 2.47 bits per heavy atom. The van der Waals surface area contributed by atoms with Crippen molar-refractivity contribution in [3.05, 3.63) is 15.6 Å². The molecule has 0 aliphatic heterocycles. The molecule has 0 radical (unpaired) electrons. The fraction of sp³-hybridized carbons (Fsp3) is 0.750. The molecule has 0 aliphatic rings. The highest BCUT2D eigenvalue weighted by Gasteiger charge is 2.14. The molecule has 0 bridgehead atoms. The van der Waals surface area contributed by atoms with Gasteiger partial charge in [0, 0.05) is 18.0 Å². The maximum Gasteiger partial charge on any atom is 0.107 e. The van der Waals surface area contributed by atoms with Gasteiger partial charge in [-0.2, -0.15) is 0 Å². The first kappa shape index (κ1) is 12.7. The third kappa shape index (κ3) is 3.92. The Bertz CT molecular complexity index is 296. The summed E-state index contributed by atoms with van der Waals surface area (Å²) >= 11 is 1.80. The number of hydrogen-bond acceptors (Lipinski definition) is 3. The van der Waals surface area contributed by atoms with Crippen LogP contribution in [0.1, 0.15) is 42.8 Å². The average Bonchev–Trinajstić information content (AvgIpc) is 2.46. The van der Waals surface area contributed by atoms with E-state index >= 15 is 0 Å². The van der Waals surface area contributed by atoms with E-state index in [1.54, 1.807) is 11.3 Å². The van der Waals surface area contributed by atoms with Gasteiger partial charge in [0.1, 0.15) is 5.01 Å². The van der Waals surface area contributed by atoms with E-state index in [-0.39, 0.29) is 0 Å².